The molecule has 0 atom stereocenters. The second-order valence-corrected chi connectivity index (χ2v) is 5.54. The summed E-state index contributed by atoms with van der Waals surface area (Å²) in [6.07, 6.45) is 6.02. The number of aryl methyl sites for hydroxylation is 1. The normalized spacial score (nSPS) is 17.8. The summed E-state index contributed by atoms with van der Waals surface area (Å²) in [6, 6.07) is 1.54. The fourth-order valence-electron chi connectivity index (χ4n) is 2.78. The summed E-state index contributed by atoms with van der Waals surface area (Å²) in [5.74, 6) is -0.510. The fourth-order valence-corrected chi connectivity index (χ4v) is 2.78. The number of carboxylic acid groups (broad SMARTS) is 1. The third-order valence-corrected chi connectivity index (χ3v) is 4.01. The van der Waals surface area contributed by atoms with Gasteiger partial charge in [0.15, 0.2) is 0 Å². The van der Waals surface area contributed by atoms with Crippen LogP contribution in [0.3, 0.4) is 0 Å². The van der Waals surface area contributed by atoms with Crippen LogP contribution in [0.5, 0.6) is 0 Å². The van der Waals surface area contributed by atoms with Gasteiger partial charge in [0.2, 0.25) is 0 Å². The van der Waals surface area contributed by atoms with Crippen molar-refractivity contribution in [2.24, 2.45) is 0 Å². The van der Waals surface area contributed by atoms with Gasteiger partial charge < -0.3 is 10.4 Å². The Bertz CT molecular complexity index is 551. The molecule has 0 bridgehead atoms. The molecule has 7 heteroatoms. The molecule has 1 aromatic rings. The van der Waals surface area contributed by atoms with E-state index in [1.807, 2.05) is 0 Å². The van der Waals surface area contributed by atoms with Crippen LogP contribution in [-0.2, 0) is 4.79 Å². The SMILES string of the molecule is Cc1cc(NC2(C(=O)O)CCCCCC2)ncc1[N+](=O)[O-]. The minimum atomic E-state index is -1.02. The van der Waals surface area contributed by atoms with Crippen LogP contribution in [0, 0.1) is 17.0 Å². The average molecular weight is 293 g/mol. The Hall–Kier alpha value is -2.18. The van der Waals surface area contributed by atoms with Crippen LogP contribution in [0.2, 0.25) is 0 Å². The molecule has 1 heterocycles. The Kier molecular flexibility index (Phi) is 4.40. The first kappa shape index (κ1) is 15.2. The molecule has 7 nitrogen and oxygen atoms in total. The van der Waals surface area contributed by atoms with Gasteiger partial charge in [0.25, 0.3) is 5.69 Å². The number of nitrogens with one attached hydrogen (secondary N) is 1. The van der Waals surface area contributed by atoms with Crippen molar-refractivity contribution in [1.82, 2.24) is 4.98 Å². The molecule has 0 radical (unpaired) electrons. The fraction of sp³-hybridized carbons (Fsp3) is 0.571. The van der Waals surface area contributed by atoms with Crippen molar-refractivity contribution in [3.8, 4) is 0 Å². The first-order valence-electron chi connectivity index (χ1n) is 7.07. The van der Waals surface area contributed by atoms with E-state index >= 15 is 0 Å². The number of carboxylic acids is 1. The maximum Gasteiger partial charge on any atom is 0.329 e. The molecule has 0 saturated heterocycles. The van der Waals surface area contributed by atoms with E-state index in [4.69, 9.17) is 0 Å². The Morgan fingerprint density at radius 2 is 2.00 bits per heavy atom. The van der Waals surface area contributed by atoms with E-state index in [9.17, 15) is 20.0 Å². The van der Waals surface area contributed by atoms with E-state index in [1.54, 1.807) is 6.92 Å². The van der Waals surface area contributed by atoms with Crippen molar-refractivity contribution in [1.29, 1.82) is 0 Å². The number of rotatable bonds is 4. The van der Waals surface area contributed by atoms with Gasteiger partial charge in [-0.3, -0.25) is 10.1 Å². The second-order valence-electron chi connectivity index (χ2n) is 5.54. The smallest absolute Gasteiger partial charge is 0.329 e. The number of hydrogen-bond acceptors (Lipinski definition) is 5. The van der Waals surface area contributed by atoms with E-state index in [1.165, 1.54) is 12.3 Å². The summed E-state index contributed by atoms with van der Waals surface area (Å²) >= 11 is 0. The van der Waals surface area contributed by atoms with Gasteiger partial charge in [0.05, 0.1) is 4.92 Å². The zero-order chi connectivity index (χ0) is 15.5. The van der Waals surface area contributed by atoms with Gasteiger partial charge in [-0.15, -0.1) is 0 Å². The highest BCUT2D eigenvalue weighted by atomic mass is 16.6. The van der Waals surface area contributed by atoms with Crippen LogP contribution in [-0.4, -0.2) is 26.5 Å². The van der Waals surface area contributed by atoms with Crippen molar-refractivity contribution in [3.63, 3.8) is 0 Å². The Morgan fingerprint density at radius 3 is 2.48 bits per heavy atom. The third kappa shape index (κ3) is 3.29. The summed E-state index contributed by atoms with van der Waals surface area (Å²) in [5.41, 5.74) is -0.621. The molecule has 1 aliphatic rings. The summed E-state index contributed by atoms with van der Waals surface area (Å²) in [4.78, 5) is 26.0. The molecule has 0 aromatic carbocycles. The molecule has 0 spiro atoms. The lowest BCUT2D eigenvalue weighted by molar-refractivity contribution is -0.385. The predicted octanol–water partition coefficient (Wildman–Crippen LogP) is 2.89. The van der Waals surface area contributed by atoms with Crippen LogP contribution in [0.25, 0.3) is 0 Å². The van der Waals surface area contributed by atoms with Gasteiger partial charge in [-0.05, 0) is 25.8 Å². The number of aliphatic carboxylic acids is 1. The van der Waals surface area contributed by atoms with Crippen LogP contribution < -0.4 is 5.32 Å². The lowest BCUT2D eigenvalue weighted by Gasteiger charge is -2.29. The molecule has 114 valence electrons. The van der Waals surface area contributed by atoms with Crippen molar-refractivity contribution < 1.29 is 14.8 Å². The molecule has 2 rings (SSSR count). The standard InChI is InChI=1S/C14H19N3O4/c1-10-8-12(15-9-11(10)17(20)21)16-14(13(18)19)6-4-2-3-5-7-14/h8-9H,2-7H2,1H3,(H,15,16)(H,18,19). The van der Waals surface area contributed by atoms with Crippen LogP contribution in [0.1, 0.15) is 44.1 Å². The number of nitrogens with zero attached hydrogens (tertiary/aromatic N) is 2. The lowest BCUT2D eigenvalue weighted by Crippen LogP contribution is -2.46. The van der Waals surface area contributed by atoms with Crippen molar-refractivity contribution >= 4 is 17.5 Å². The molecule has 0 unspecified atom stereocenters. The van der Waals surface area contributed by atoms with Gasteiger partial charge >= 0.3 is 5.97 Å². The monoisotopic (exact) mass is 293 g/mol. The first-order chi connectivity index (χ1) is 9.94. The molecule has 2 N–H and O–H groups in total. The number of nitro groups is 1. The summed E-state index contributed by atoms with van der Waals surface area (Å²) < 4.78 is 0. The highest BCUT2D eigenvalue weighted by molar-refractivity contribution is 5.82. The first-order valence-corrected chi connectivity index (χ1v) is 7.07. The highest BCUT2D eigenvalue weighted by Gasteiger charge is 2.39. The van der Waals surface area contributed by atoms with E-state index in [2.05, 4.69) is 10.3 Å². The highest BCUT2D eigenvalue weighted by Crippen LogP contribution is 2.31. The van der Waals surface area contributed by atoms with Gasteiger partial charge in [-0.2, -0.15) is 0 Å². The second kappa shape index (κ2) is 6.07. The molecule has 0 aliphatic heterocycles. The van der Waals surface area contributed by atoms with Gasteiger partial charge in [0.1, 0.15) is 17.6 Å². The molecule has 0 amide bonds. The molecule has 1 saturated carbocycles. The molecule has 21 heavy (non-hydrogen) atoms. The summed E-state index contributed by atoms with van der Waals surface area (Å²) in [7, 11) is 0. The van der Waals surface area contributed by atoms with Gasteiger partial charge in [-0.1, -0.05) is 25.7 Å². The largest absolute Gasteiger partial charge is 0.480 e. The van der Waals surface area contributed by atoms with E-state index in [0.29, 0.717) is 24.2 Å². The summed E-state index contributed by atoms with van der Waals surface area (Å²) in [5, 5.41) is 23.4. The minimum absolute atomic E-state index is 0.0641. The van der Waals surface area contributed by atoms with E-state index in [-0.39, 0.29) is 5.69 Å². The van der Waals surface area contributed by atoms with Gasteiger partial charge in [0, 0.05) is 5.56 Å². The Balaban J connectivity index is 2.26. The number of carbonyl (C=O) groups is 1. The number of hydrogen-bond donors (Lipinski definition) is 2. The zero-order valence-corrected chi connectivity index (χ0v) is 12.0. The lowest BCUT2D eigenvalue weighted by atomic mass is 9.90. The molecule has 1 aromatic heterocycles. The average Bonchev–Trinajstić information content (AvgIpc) is 2.65. The predicted molar refractivity (Wildman–Crippen MR) is 77.3 cm³/mol. The maximum absolute atomic E-state index is 11.7. The molecular formula is C14H19N3O4. The van der Waals surface area contributed by atoms with Crippen LogP contribution >= 0.6 is 0 Å². The van der Waals surface area contributed by atoms with Crippen LogP contribution in [0.4, 0.5) is 11.5 Å². The quantitative estimate of drug-likeness (QED) is 0.502. The Labute approximate surface area is 122 Å². The Morgan fingerprint density at radius 1 is 1.38 bits per heavy atom. The topological polar surface area (TPSA) is 105 Å². The number of anilines is 1. The van der Waals surface area contributed by atoms with Gasteiger partial charge in [-0.25, -0.2) is 9.78 Å². The number of pyridine rings is 1. The molecule has 1 fully saturated rings. The van der Waals surface area contributed by atoms with Crippen molar-refractivity contribution in [2.45, 2.75) is 51.0 Å². The zero-order valence-electron chi connectivity index (χ0n) is 12.0. The van der Waals surface area contributed by atoms with Crippen LogP contribution in [0.15, 0.2) is 12.3 Å². The van der Waals surface area contributed by atoms with E-state index < -0.39 is 16.4 Å². The summed E-state index contributed by atoms with van der Waals surface area (Å²) in [6.45, 7) is 1.62. The van der Waals surface area contributed by atoms with Crippen molar-refractivity contribution in [2.75, 3.05) is 5.32 Å². The molecule has 1 aliphatic carbocycles. The third-order valence-electron chi connectivity index (χ3n) is 4.01. The van der Waals surface area contributed by atoms with E-state index in [0.717, 1.165) is 25.7 Å². The molecular weight excluding hydrogens is 274 g/mol. The minimum Gasteiger partial charge on any atom is -0.480 e. The number of aromatic nitrogens is 1. The van der Waals surface area contributed by atoms with Crippen molar-refractivity contribution in [3.05, 3.63) is 27.9 Å². The maximum atomic E-state index is 11.7.